The fraction of sp³-hybridized carbons (Fsp3) is 0.526. The second-order valence-corrected chi connectivity index (χ2v) is 7.18. The Morgan fingerprint density at radius 2 is 2.00 bits per heavy atom. The maximum atomic E-state index is 13.1. The fourth-order valence-corrected chi connectivity index (χ4v) is 3.18. The molecule has 4 nitrogen and oxygen atoms in total. The molecular formula is C19H26NO3. The first-order valence-electron chi connectivity index (χ1n) is 8.15. The highest BCUT2D eigenvalue weighted by Gasteiger charge is 2.59. The molecule has 0 aromatic carbocycles. The summed E-state index contributed by atoms with van der Waals surface area (Å²) in [5.74, 6) is 0.422. The molecule has 1 amide bonds. The number of carbonyl (C=O) groups is 2. The molecule has 0 N–H and O–H groups in total. The van der Waals surface area contributed by atoms with Crippen molar-refractivity contribution in [3.8, 4) is 0 Å². The number of rotatable bonds is 5. The number of nitrogens with zero attached hydrogens (tertiary/aromatic N) is 1. The normalized spacial score (nSPS) is 29.0. The van der Waals surface area contributed by atoms with E-state index in [0.29, 0.717) is 12.8 Å². The third-order valence-corrected chi connectivity index (χ3v) is 4.27. The molecule has 4 heteroatoms. The van der Waals surface area contributed by atoms with Crippen LogP contribution in [0.4, 0.5) is 0 Å². The van der Waals surface area contributed by atoms with Crippen LogP contribution in [0.25, 0.3) is 0 Å². The van der Waals surface area contributed by atoms with Crippen LogP contribution in [-0.4, -0.2) is 28.5 Å². The first-order valence-corrected chi connectivity index (χ1v) is 8.15. The summed E-state index contributed by atoms with van der Waals surface area (Å²) in [5.41, 5.74) is -1.55. The monoisotopic (exact) mass is 316 g/mol. The quantitative estimate of drug-likeness (QED) is 0.578. The van der Waals surface area contributed by atoms with Crippen LogP contribution in [-0.2, 0) is 14.3 Å². The van der Waals surface area contributed by atoms with Crippen molar-refractivity contribution in [2.45, 2.75) is 58.7 Å². The molecule has 125 valence electrons. The summed E-state index contributed by atoms with van der Waals surface area (Å²) < 4.78 is 5.67. The van der Waals surface area contributed by atoms with Gasteiger partial charge in [-0.1, -0.05) is 40.2 Å². The molecule has 2 atom stereocenters. The van der Waals surface area contributed by atoms with Gasteiger partial charge in [0.25, 0.3) is 0 Å². The predicted molar refractivity (Wildman–Crippen MR) is 89.1 cm³/mol. The number of ether oxygens (including phenoxy) is 1. The number of amides is 1. The van der Waals surface area contributed by atoms with E-state index in [4.69, 9.17) is 4.74 Å². The van der Waals surface area contributed by atoms with E-state index >= 15 is 0 Å². The van der Waals surface area contributed by atoms with Crippen molar-refractivity contribution in [3.05, 3.63) is 44.3 Å². The van der Waals surface area contributed by atoms with Gasteiger partial charge < -0.3 is 4.74 Å². The Kier molecular flexibility index (Phi) is 5.22. The van der Waals surface area contributed by atoms with Crippen molar-refractivity contribution in [2.24, 2.45) is 5.41 Å². The van der Waals surface area contributed by atoms with E-state index in [1.807, 2.05) is 53.4 Å². The number of hydrogen-bond donors (Lipinski definition) is 0. The molecule has 0 bridgehead atoms. The average molecular weight is 316 g/mol. The third-order valence-electron chi connectivity index (χ3n) is 4.27. The van der Waals surface area contributed by atoms with Crippen LogP contribution in [0.3, 0.4) is 0 Å². The van der Waals surface area contributed by atoms with Gasteiger partial charge in [0.15, 0.2) is 6.23 Å². The molecule has 1 aliphatic carbocycles. The molecule has 5 radical (unpaired) electrons. The number of esters is 1. The Labute approximate surface area is 140 Å². The Hall–Kier alpha value is -1.32. The second-order valence-electron chi connectivity index (χ2n) is 7.18. The van der Waals surface area contributed by atoms with Gasteiger partial charge in [-0.05, 0) is 38.5 Å². The van der Waals surface area contributed by atoms with Gasteiger partial charge in [-0.15, -0.1) is 6.58 Å². The van der Waals surface area contributed by atoms with Crippen LogP contribution < -0.4 is 0 Å². The Balaban J connectivity index is 2.46. The molecular weight excluding hydrogens is 290 g/mol. The van der Waals surface area contributed by atoms with Crippen LogP contribution in [0, 0.1) is 37.0 Å². The van der Waals surface area contributed by atoms with E-state index in [2.05, 4.69) is 6.58 Å². The highest BCUT2D eigenvalue weighted by atomic mass is 16.6. The van der Waals surface area contributed by atoms with E-state index in [-0.39, 0.29) is 11.9 Å². The van der Waals surface area contributed by atoms with Crippen molar-refractivity contribution >= 4 is 11.9 Å². The fourth-order valence-electron chi connectivity index (χ4n) is 3.18. The minimum absolute atomic E-state index is 0.0788. The van der Waals surface area contributed by atoms with Crippen molar-refractivity contribution in [3.63, 3.8) is 0 Å². The van der Waals surface area contributed by atoms with Gasteiger partial charge >= 0.3 is 5.97 Å². The molecule has 2 rings (SSSR count). The summed E-state index contributed by atoms with van der Waals surface area (Å²) in [6, 6.07) is 0. The number of carbonyl (C=O) groups excluding carboxylic acids is 2. The van der Waals surface area contributed by atoms with Gasteiger partial charge in [-0.3, -0.25) is 9.69 Å². The lowest BCUT2D eigenvalue weighted by atomic mass is 9.84. The lowest BCUT2D eigenvalue weighted by Gasteiger charge is -2.40. The summed E-state index contributed by atoms with van der Waals surface area (Å²) in [6.45, 7) is 11.4. The highest BCUT2D eigenvalue weighted by Crippen LogP contribution is 2.44. The zero-order chi connectivity index (χ0) is 17.3. The maximum Gasteiger partial charge on any atom is 0.334 e. The first kappa shape index (κ1) is 18.0. The summed E-state index contributed by atoms with van der Waals surface area (Å²) >= 11 is 0. The van der Waals surface area contributed by atoms with E-state index in [1.165, 1.54) is 0 Å². The van der Waals surface area contributed by atoms with Crippen molar-refractivity contribution in [2.75, 3.05) is 0 Å². The van der Waals surface area contributed by atoms with E-state index in [0.717, 1.165) is 12.3 Å². The minimum Gasteiger partial charge on any atom is -0.439 e. The lowest BCUT2D eigenvalue weighted by molar-refractivity contribution is -0.149. The second kappa shape index (κ2) is 6.66. The molecule has 0 aromatic heterocycles. The summed E-state index contributed by atoms with van der Waals surface area (Å²) in [6.07, 6.45) is 10.3. The van der Waals surface area contributed by atoms with Crippen LogP contribution in [0.15, 0.2) is 12.7 Å². The van der Waals surface area contributed by atoms with Gasteiger partial charge in [0, 0.05) is 11.3 Å². The van der Waals surface area contributed by atoms with Gasteiger partial charge in [0.2, 0.25) is 5.91 Å². The van der Waals surface area contributed by atoms with Crippen LogP contribution in [0.2, 0.25) is 0 Å². The van der Waals surface area contributed by atoms with Crippen LogP contribution in [0.5, 0.6) is 0 Å². The summed E-state index contributed by atoms with van der Waals surface area (Å²) in [4.78, 5) is 27.6. The third kappa shape index (κ3) is 3.17. The molecule has 1 aliphatic heterocycles. The zero-order valence-electron chi connectivity index (χ0n) is 14.5. The maximum absolute atomic E-state index is 13.1. The standard InChI is InChI=1S/C19H26NO3/c1-6-12-19(13-7-2)17(22)23-15(14-10-8-9-11-14)20(19)16(21)18(3,4)5/h6,8-11,15H,1,7,12-13H2,2-5H3/t15-,19-/m1/s1. The topological polar surface area (TPSA) is 46.6 Å². The summed E-state index contributed by atoms with van der Waals surface area (Å²) in [5, 5.41) is 0. The van der Waals surface area contributed by atoms with E-state index < -0.39 is 17.2 Å². The molecule has 0 unspecified atom stereocenters. The van der Waals surface area contributed by atoms with Crippen molar-refractivity contribution in [1.82, 2.24) is 4.90 Å². The molecule has 2 aliphatic rings. The van der Waals surface area contributed by atoms with Crippen LogP contribution in [0.1, 0.15) is 47.0 Å². The largest absolute Gasteiger partial charge is 0.439 e. The lowest BCUT2D eigenvalue weighted by Crippen LogP contribution is -2.57. The van der Waals surface area contributed by atoms with Gasteiger partial charge in [-0.2, -0.15) is 0 Å². The predicted octanol–water partition coefficient (Wildman–Crippen LogP) is 3.26. The van der Waals surface area contributed by atoms with Crippen molar-refractivity contribution in [1.29, 1.82) is 0 Å². The van der Waals surface area contributed by atoms with Crippen molar-refractivity contribution < 1.29 is 14.3 Å². The Morgan fingerprint density at radius 1 is 1.39 bits per heavy atom. The Morgan fingerprint density at radius 3 is 2.48 bits per heavy atom. The van der Waals surface area contributed by atoms with Crippen LogP contribution >= 0.6 is 0 Å². The zero-order valence-corrected chi connectivity index (χ0v) is 14.5. The molecule has 1 saturated heterocycles. The number of cyclic esters (lactones) is 1. The molecule has 0 spiro atoms. The Bertz CT molecular complexity index is 473. The smallest absolute Gasteiger partial charge is 0.334 e. The molecule has 1 saturated carbocycles. The van der Waals surface area contributed by atoms with E-state index in [1.54, 1.807) is 11.0 Å². The van der Waals surface area contributed by atoms with Gasteiger partial charge in [0.05, 0.1) is 0 Å². The molecule has 23 heavy (non-hydrogen) atoms. The molecule has 2 fully saturated rings. The molecule has 0 aromatic rings. The van der Waals surface area contributed by atoms with Gasteiger partial charge in [0.1, 0.15) is 5.54 Å². The SMILES string of the molecule is C=CC[C@@]1(CCC)C(=O)O[C@H]([C]2[CH][CH][CH][CH]2)N1C(=O)C(C)(C)C. The molecule has 1 heterocycles. The minimum atomic E-state index is -0.956. The van der Waals surface area contributed by atoms with Gasteiger partial charge in [-0.25, -0.2) is 4.79 Å². The summed E-state index contributed by atoms with van der Waals surface area (Å²) in [7, 11) is 0. The highest BCUT2D eigenvalue weighted by molar-refractivity contribution is 5.93. The average Bonchev–Trinajstić information content (AvgIpc) is 3.06. The first-order chi connectivity index (χ1) is 10.8. The van der Waals surface area contributed by atoms with E-state index in [9.17, 15) is 9.59 Å². The number of hydrogen-bond acceptors (Lipinski definition) is 3.